The molecule has 106 valence electrons. The van der Waals surface area contributed by atoms with Gasteiger partial charge in [0.25, 0.3) is 0 Å². The minimum atomic E-state index is -0.657. The van der Waals surface area contributed by atoms with Crippen LogP contribution in [0.1, 0.15) is 17.2 Å². The molecule has 0 fully saturated rings. The number of aromatic nitrogens is 1. The van der Waals surface area contributed by atoms with E-state index in [1.165, 1.54) is 6.07 Å². The maximum atomic E-state index is 13.2. The number of nitrogens with zero attached hydrogens (tertiary/aromatic N) is 1. The molecule has 0 saturated heterocycles. The van der Waals surface area contributed by atoms with Gasteiger partial charge in [-0.1, -0.05) is 24.3 Å². The van der Waals surface area contributed by atoms with Gasteiger partial charge in [0.15, 0.2) is 0 Å². The minimum Gasteiger partial charge on any atom is -0.388 e. The number of hydrogen-bond donors (Lipinski definition) is 1. The van der Waals surface area contributed by atoms with Gasteiger partial charge in [-0.25, -0.2) is 4.39 Å². The van der Waals surface area contributed by atoms with Crippen LogP contribution in [0.25, 0.3) is 10.9 Å². The second kappa shape index (κ2) is 5.92. The van der Waals surface area contributed by atoms with Crippen molar-refractivity contribution in [3.05, 3.63) is 76.1 Å². The van der Waals surface area contributed by atoms with Crippen LogP contribution in [-0.2, 0) is 6.42 Å². The molecule has 0 aliphatic rings. The molecule has 3 aromatic rings. The van der Waals surface area contributed by atoms with Gasteiger partial charge in [0, 0.05) is 18.0 Å². The molecule has 4 heteroatoms. The van der Waals surface area contributed by atoms with E-state index in [1.807, 2.05) is 30.3 Å². The molecular weight excluding hydrogens is 333 g/mol. The van der Waals surface area contributed by atoms with Gasteiger partial charge in [0.1, 0.15) is 5.82 Å². The third-order valence-electron chi connectivity index (χ3n) is 3.45. The molecule has 2 aromatic carbocycles. The SMILES string of the molecule is OC(Cc1ccc(F)c(Br)c1)c1cccc2ncccc12. The summed E-state index contributed by atoms with van der Waals surface area (Å²) in [6.45, 7) is 0. The van der Waals surface area contributed by atoms with Crippen molar-refractivity contribution in [1.82, 2.24) is 4.98 Å². The van der Waals surface area contributed by atoms with E-state index in [0.717, 1.165) is 22.0 Å². The number of aliphatic hydroxyl groups is 1. The van der Waals surface area contributed by atoms with Crippen LogP contribution in [0.4, 0.5) is 4.39 Å². The average Bonchev–Trinajstić information content (AvgIpc) is 2.50. The van der Waals surface area contributed by atoms with Gasteiger partial charge in [0.05, 0.1) is 16.1 Å². The Hall–Kier alpha value is -1.78. The van der Waals surface area contributed by atoms with E-state index in [0.29, 0.717) is 10.9 Å². The summed E-state index contributed by atoms with van der Waals surface area (Å²) in [5.41, 5.74) is 2.56. The predicted molar refractivity (Wildman–Crippen MR) is 84.5 cm³/mol. The van der Waals surface area contributed by atoms with Gasteiger partial charge in [-0.2, -0.15) is 0 Å². The molecule has 1 N–H and O–H groups in total. The monoisotopic (exact) mass is 345 g/mol. The van der Waals surface area contributed by atoms with Gasteiger partial charge in [-0.3, -0.25) is 4.98 Å². The van der Waals surface area contributed by atoms with E-state index >= 15 is 0 Å². The smallest absolute Gasteiger partial charge is 0.137 e. The quantitative estimate of drug-likeness (QED) is 0.762. The lowest BCUT2D eigenvalue weighted by Gasteiger charge is -2.14. The van der Waals surface area contributed by atoms with Crippen molar-refractivity contribution in [2.75, 3.05) is 0 Å². The summed E-state index contributed by atoms with van der Waals surface area (Å²) in [5, 5.41) is 11.4. The Balaban J connectivity index is 1.93. The first-order valence-corrected chi connectivity index (χ1v) is 7.40. The van der Waals surface area contributed by atoms with Crippen LogP contribution < -0.4 is 0 Å². The summed E-state index contributed by atoms with van der Waals surface area (Å²) in [5.74, 6) is -0.303. The fourth-order valence-electron chi connectivity index (χ4n) is 2.42. The summed E-state index contributed by atoms with van der Waals surface area (Å²) in [7, 11) is 0. The van der Waals surface area contributed by atoms with Crippen molar-refractivity contribution >= 4 is 26.8 Å². The Morgan fingerprint density at radius 3 is 2.81 bits per heavy atom. The lowest BCUT2D eigenvalue weighted by atomic mass is 9.98. The van der Waals surface area contributed by atoms with E-state index in [1.54, 1.807) is 18.3 Å². The molecule has 0 aliphatic heterocycles. The first-order valence-electron chi connectivity index (χ1n) is 6.61. The zero-order valence-electron chi connectivity index (χ0n) is 11.1. The number of aliphatic hydroxyl groups excluding tert-OH is 1. The lowest BCUT2D eigenvalue weighted by molar-refractivity contribution is 0.180. The van der Waals surface area contributed by atoms with Crippen molar-refractivity contribution in [2.45, 2.75) is 12.5 Å². The first-order chi connectivity index (χ1) is 10.1. The van der Waals surface area contributed by atoms with Crippen molar-refractivity contribution in [3.8, 4) is 0 Å². The van der Waals surface area contributed by atoms with E-state index < -0.39 is 6.10 Å². The number of fused-ring (bicyclic) bond motifs is 1. The molecule has 1 unspecified atom stereocenters. The standard InChI is InChI=1S/C17H13BrFNO/c18-14-9-11(6-7-15(14)19)10-17(21)13-3-1-5-16-12(13)4-2-8-20-16/h1-9,17,21H,10H2. The molecule has 0 spiro atoms. The van der Waals surface area contributed by atoms with Gasteiger partial charge < -0.3 is 5.11 Å². The maximum absolute atomic E-state index is 13.2. The average molecular weight is 346 g/mol. The number of halogens is 2. The molecular formula is C17H13BrFNO. The van der Waals surface area contributed by atoms with Crippen LogP contribution in [0.5, 0.6) is 0 Å². The fraction of sp³-hybridized carbons (Fsp3) is 0.118. The van der Waals surface area contributed by atoms with Gasteiger partial charge in [0.2, 0.25) is 0 Å². The van der Waals surface area contributed by atoms with E-state index in [9.17, 15) is 9.50 Å². The van der Waals surface area contributed by atoms with Crippen molar-refractivity contribution in [2.24, 2.45) is 0 Å². The molecule has 21 heavy (non-hydrogen) atoms. The molecule has 1 aromatic heterocycles. The minimum absolute atomic E-state index is 0.303. The van der Waals surface area contributed by atoms with Crippen LogP contribution in [0.2, 0.25) is 0 Å². The molecule has 3 rings (SSSR count). The Morgan fingerprint density at radius 1 is 1.14 bits per heavy atom. The van der Waals surface area contributed by atoms with Crippen LogP contribution in [-0.4, -0.2) is 10.1 Å². The third kappa shape index (κ3) is 2.96. The molecule has 0 saturated carbocycles. The van der Waals surface area contributed by atoms with E-state index in [-0.39, 0.29) is 5.82 Å². The molecule has 1 heterocycles. The number of pyridine rings is 1. The highest BCUT2D eigenvalue weighted by Crippen LogP contribution is 2.27. The molecule has 0 amide bonds. The molecule has 0 radical (unpaired) electrons. The normalized spacial score (nSPS) is 12.5. The molecule has 1 atom stereocenters. The predicted octanol–water partition coefficient (Wildman–Crippen LogP) is 4.41. The highest BCUT2D eigenvalue weighted by atomic mass is 79.9. The second-order valence-corrected chi connectivity index (χ2v) is 5.74. The van der Waals surface area contributed by atoms with Crippen LogP contribution in [0.3, 0.4) is 0 Å². The largest absolute Gasteiger partial charge is 0.388 e. The topological polar surface area (TPSA) is 33.1 Å². The fourth-order valence-corrected chi connectivity index (χ4v) is 2.84. The number of hydrogen-bond acceptors (Lipinski definition) is 2. The molecule has 0 bridgehead atoms. The maximum Gasteiger partial charge on any atom is 0.137 e. The van der Waals surface area contributed by atoms with Crippen LogP contribution in [0.15, 0.2) is 59.2 Å². The Labute approximate surface area is 130 Å². The van der Waals surface area contributed by atoms with Crippen molar-refractivity contribution in [1.29, 1.82) is 0 Å². The lowest BCUT2D eigenvalue weighted by Crippen LogP contribution is -2.03. The summed E-state index contributed by atoms with van der Waals surface area (Å²) < 4.78 is 13.7. The summed E-state index contributed by atoms with van der Waals surface area (Å²) >= 11 is 3.17. The zero-order valence-corrected chi connectivity index (χ0v) is 12.7. The number of benzene rings is 2. The second-order valence-electron chi connectivity index (χ2n) is 4.89. The first kappa shape index (κ1) is 14.2. The Morgan fingerprint density at radius 2 is 2.00 bits per heavy atom. The molecule has 2 nitrogen and oxygen atoms in total. The van der Waals surface area contributed by atoms with Gasteiger partial charge >= 0.3 is 0 Å². The Kier molecular flexibility index (Phi) is 3.99. The summed E-state index contributed by atoms with van der Waals surface area (Å²) in [4.78, 5) is 4.29. The zero-order chi connectivity index (χ0) is 14.8. The van der Waals surface area contributed by atoms with Crippen molar-refractivity contribution in [3.63, 3.8) is 0 Å². The van der Waals surface area contributed by atoms with Crippen LogP contribution in [0, 0.1) is 5.82 Å². The number of rotatable bonds is 3. The molecule has 0 aliphatic carbocycles. The van der Waals surface area contributed by atoms with Gasteiger partial charge in [-0.15, -0.1) is 0 Å². The highest BCUT2D eigenvalue weighted by Gasteiger charge is 2.13. The van der Waals surface area contributed by atoms with Crippen molar-refractivity contribution < 1.29 is 9.50 Å². The van der Waals surface area contributed by atoms with Gasteiger partial charge in [-0.05, 0) is 51.3 Å². The van der Waals surface area contributed by atoms with E-state index in [4.69, 9.17) is 0 Å². The summed E-state index contributed by atoms with van der Waals surface area (Å²) in [6.07, 6.45) is 1.50. The third-order valence-corrected chi connectivity index (χ3v) is 4.06. The highest BCUT2D eigenvalue weighted by molar-refractivity contribution is 9.10. The van der Waals surface area contributed by atoms with Crippen LogP contribution >= 0.6 is 15.9 Å². The van der Waals surface area contributed by atoms with E-state index in [2.05, 4.69) is 20.9 Å². The summed E-state index contributed by atoms with van der Waals surface area (Å²) in [6, 6.07) is 14.3. The Bertz CT molecular complexity index is 785.